The van der Waals surface area contributed by atoms with E-state index >= 15 is 0 Å². The number of carboxylic acid groups (broad SMARTS) is 1. The van der Waals surface area contributed by atoms with Crippen molar-refractivity contribution in [3.05, 3.63) is 54.2 Å². The first kappa shape index (κ1) is 18.1. The van der Waals surface area contributed by atoms with Gasteiger partial charge in [-0.15, -0.1) is 0 Å². The van der Waals surface area contributed by atoms with E-state index in [1.807, 2.05) is 12.1 Å². The Labute approximate surface area is 144 Å². The van der Waals surface area contributed by atoms with Gasteiger partial charge in [0.2, 0.25) is 0 Å². The SMILES string of the molecule is CCOC(=O)/C=C/C[C@@H](NC(=O)c1ccc2ccccc2n1)C(=O)O. The summed E-state index contributed by atoms with van der Waals surface area (Å²) in [6, 6.07) is 9.40. The standard InChI is InChI=1S/C18H18N2O5/c1-2-25-16(21)9-5-8-15(18(23)24)20-17(22)14-11-10-12-6-3-4-7-13(12)19-14/h3-7,9-11,15H,2,8H2,1H3,(H,20,22)(H,23,24)/b9-5+/t15-/m1/s1. The molecule has 2 aromatic rings. The third kappa shape index (κ3) is 5.13. The number of hydrogen-bond acceptors (Lipinski definition) is 5. The largest absolute Gasteiger partial charge is 0.480 e. The molecule has 2 rings (SSSR count). The second-order valence-corrected chi connectivity index (χ2v) is 5.14. The quantitative estimate of drug-likeness (QED) is 0.588. The highest BCUT2D eigenvalue weighted by molar-refractivity contribution is 5.97. The van der Waals surface area contributed by atoms with E-state index in [4.69, 9.17) is 4.74 Å². The molecule has 0 bridgehead atoms. The van der Waals surface area contributed by atoms with E-state index in [2.05, 4.69) is 10.3 Å². The highest BCUT2D eigenvalue weighted by atomic mass is 16.5. The number of nitrogens with zero attached hydrogens (tertiary/aromatic N) is 1. The molecule has 0 aliphatic heterocycles. The highest BCUT2D eigenvalue weighted by Crippen LogP contribution is 2.12. The molecule has 0 spiro atoms. The molecule has 1 heterocycles. The zero-order valence-corrected chi connectivity index (χ0v) is 13.6. The lowest BCUT2D eigenvalue weighted by molar-refractivity contribution is -0.139. The van der Waals surface area contributed by atoms with Gasteiger partial charge in [0.15, 0.2) is 0 Å². The third-order valence-corrected chi connectivity index (χ3v) is 3.35. The van der Waals surface area contributed by atoms with Gasteiger partial charge < -0.3 is 15.2 Å². The Hall–Kier alpha value is -3.22. The molecule has 1 aromatic heterocycles. The first-order valence-corrected chi connectivity index (χ1v) is 7.74. The van der Waals surface area contributed by atoms with Crippen LogP contribution in [-0.4, -0.2) is 40.6 Å². The Morgan fingerprint density at radius 1 is 1.24 bits per heavy atom. The number of aliphatic carboxylic acids is 1. The van der Waals surface area contributed by atoms with Crippen molar-refractivity contribution in [2.24, 2.45) is 0 Å². The van der Waals surface area contributed by atoms with Gasteiger partial charge in [0.25, 0.3) is 5.91 Å². The van der Waals surface area contributed by atoms with Gasteiger partial charge in [-0.05, 0) is 25.5 Å². The summed E-state index contributed by atoms with van der Waals surface area (Å²) in [6.45, 7) is 1.90. The van der Waals surface area contributed by atoms with Gasteiger partial charge in [-0.25, -0.2) is 14.6 Å². The topological polar surface area (TPSA) is 106 Å². The molecule has 1 amide bonds. The zero-order valence-electron chi connectivity index (χ0n) is 13.6. The molecule has 1 aromatic carbocycles. The molecule has 25 heavy (non-hydrogen) atoms. The third-order valence-electron chi connectivity index (χ3n) is 3.35. The number of pyridine rings is 1. The number of amides is 1. The van der Waals surface area contributed by atoms with Crippen molar-refractivity contribution in [3.63, 3.8) is 0 Å². The number of rotatable bonds is 7. The van der Waals surface area contributed by atoms with Crippen LogP contribution in [0.4, 0.5) is 0 Å². The maximum atomic E-state index is 12.3. The monoisotopic (exact) mass is 342 g/mol. The van der Waals surface area contributed by atoms with Crippen molar-refractivity contribution in [1.29, 1.82) is 0 Å². The van der Waals surface area contributed by atoms with E-state index in [-0.39, 0.29) is 18.7 Å². The number of hydrogen-bond donors (Lipinski definition) is 2. The summed E-state index contributed by atoms with van der Waals surface area (Å²) in [5, 5.41) is 12.5. The molecule has 0 aliphatic carbocycles. The van der Waals surface area contributed by atoms with Crippen LogP contribution < -0.4 is 5.32 Å². The van der Waals surface area contributed by atoms with Gasteiger partial charge in [0.1, 0.15) is 11.7 Å². The Morgan fingerprint density at radius 2 is 2.00 bits per heavy atom. The van der Waals surface area contributed by atoms with Gasteiger partial charge >= 0.3 is 11.9 Å². The zero-order chi connectivity index (χ0) is 18.2. The van der Waals surface area contributed by atoms with Crippen LogP contribution in [0.5, 0.6) is 0 Å². The number of nitrogens with one attached hydrogen (secondary N) is 1. The van der Waals surface area contributed by atoms with Crippen molar-refractivity contribution in [2.75, 3.05) is 6.61 Å². The van der Waals surface area contributed by atoms with Crippen LogP contribution in [-0.2, 0) is 14.3 Å². The number of carbonyl (C=O) groups is 3. The summed E-state index contributed by atoms with van der Waals surface area (Å²) < 4.78 is 4.70. The van der Waals surface area contributed by atoms with Gasteiger partial charge in [-0.3, -0.25) is 4.79 Å². The first-order valence-electron chi connectivity index (χ1n) is 7.74. The van der Waals surface area contributed by atoms with Gasteiger partial charge in [-0.2, -0.15) is 0 Å². The van der Waals surface area contributed by atoms with Crippen molar-refractivity contribution >= 4 is 28.7 Å². The molecule has 0 saturated carbocycles. The minimum atomic E-state index is -1.21. The molecule has 0 radical (unpaired) electrons. The minimum Gasteiger partial charge on any atom is -0.480 e. The lowest BCUT2D eigenvalue weighted by atomic mass is 10.1. The average Bonchev–Trinajstić information content (AvgIpc) is 2.60. The number of ether oxygens (including phenoxy) is 1. The minimum absolute atomic E-state index is 0.0481. The van der Waals surface area contributed by atoms with Crippen LogP contribution in [0.2, 0.25) is 0 Å². The highest BCUT2D eigenvalue weighted by Gasteiger charge is 2.20. The van der Waals surface area contributed by atoms with E-state index in [9.17, 15) is 19.5 Å². The summed E-state index contributed by atoms with van der Waals surface area (Å²) in [7, 11) is 0. The molecule has 0 fully saturated rings. The molecular weight excluding hydrogens is 324 g/mol. The van der Waals surface area contributed by atoms with Crippen LogP contribution in [0.1, 0.15) is 23.8 Å². The van der Waals surface area contributed by atoms with E-state index in [0.29, 0.717) is 5.52 Å². The average molecular weight is 342 g/mol. The fourth-order valence-corrected chi connectivity index (χ4v) is 2.14. The summed E-state index contributed by atoms with van der Waals surface area (Å²) in [6.07, 6.45) is 2.44. The van der Waals surface area contributed by atoms with Crippen LogP contribution in [0.3, 0.4) is 0 Å². The van der Waals surface area contributed by atoms with Crippen molar-refractivity contribution in [1.82, 2.24) is 10.3 Å². The Balaban J connectivity index is 2.05. The summed E-state index contributed by atoms with van der Waals surface area (Å²) >= 11 is 0. The molecule has 2 N–H and O–H groups in total. The van der Waals surface area contributed by atoms with Crippen LogP contribution >= 0.6 is 0 Å². The van der Waals surface area contributed by atoms with E-state index in [1.54, 1.807) is 25.1 Å². The van der Waals surface area contributed by atoms with Gasteiger partial charge in [0, 0.05) is 11.5 Å². The molecule has 0 unspecified atom stereocenters. The molecule has 7 nitrogen and oxygen atoms in total. The summed E-state index contributed by atoms with van der Waals surface area (Å²) in [5.41, 5.74) is 0.767. The smallest absolute Gasteiger partial charge is 0.330 e. The molecule has 1 atom stereocenters. The second kappa shape index (κ2) is 8.58. The lowest BCUT2D eigenvalue weighted by Crippen LogP contribution is -2.40. The van der Waals surface area contributed by atoms with E-state index < -0.39 is 23.9 Å². The number of fused-ring (bicyclic) bond motifs is 1. The predicted molar refractivity (Wildman–Crippen MR) is 91.0 cm³/mol. The van der Waals surface area contributed by atoms with Gasteiger partial charge in [-0.1, -0.05) is 30.3 Å². The normalized spacial score (nSPS) is 12.0. The second-order valence-electron chi connectivity index (χ2n) is 5.14. The van der Waals surface area contributed by atoms with Crippen LogP contribution in [0, 0.1) is 0 Å². The molecule has 130 valence electrons. The first-order chi connectivity index (χ1) is 12.0. The fraction of sp³-hybridized carbons (Fsp3) is 0.222. The van der Waals surface area contributed by atoms with Crippen LogP contribution in [0.25, 0.3) is 10.9 Å². The van der Waals surface area contributed by atoms with Gasteiger partial charge in [0.05, 0.1) is 12.1 Å². The molecule has 0 aliphatic rings. The maximum Gasteiger partial charge on any atom is 0.330 e. The number of carboxylic acids is 1. The van der Waals surface area contributed by atoms with E-state index in [0.717, 1.165) is 11.5 Å². The summed E-state index contributed by atoms with van der Waals surface area (Å²) in [4.78, 5) is 39.0. The molecule has 7 heteroatoms. The van der Waals surface area contributed by atoms with Crippen LogP contribution in [0.15, 0.2) is 48.6 Å². The number of aromatic nitrogens is 1. The maximum absolute atomic E-state index is 12.3. The van der Waals surface area contributed by atoms with Crippen molar-refractivity contribution in [2.45, 2.75) is 19.4 Å². The Kier molecular flexibility index (Phi) is 6.22. The predicted octanol–water partition coefficient (Wildman–Crippen LogP) is 1.93. The fourth-order valence-electron chi connectivity index (χ4n) is 2.14. The lowest BCUT2D eigenvalue weighted by Gasteiger charge is -2.12. The Morgan fingerprint density at radius 3 is 2.72 bits per heavy atom. The Bertz CT molecular complexity index is 816. The van der Waals surface area contributed by atoms with E-state index in [1.165, 1.54) is 12.1 Å². The molecule has 0 saturated heterocycles. The van der Waals surface area contributed by atoms with Crippen molar-refractivity contribution in [3.8, 4) is 0 Å². The number of para-hydroxylation sites is 1. The van der Waals surface area contributed by atoms with Crippen molar-refractivity contribution < 1.29 is 24.2 Å². The number of esters is 1. The number of benzene rings is 1. The number of carbonyl (C=O) groups excluding carboxylic acids is 2. The molecular formula is C18H18N2O5. The summed E-state index contributed by atoms with van der Waals surface area (Å²) in [5.74, 6) is -2.36.